The molecule has 0 fully saturated rings. The summed E-state index contributed by atoms with van der Waals surface area (Å²) in [7, 11) is 0. The molecular weight excluding hydrogens is 260 g/mol. The Labute approximate surface area is 118 Å². The number of hydrogen-bond acceptors (Lipinski definition) is 5. The molecule has 0 unspecified atom stereocenters. The zero-order chi connectivity index (χ0) is 15.0. The Morgan fingerprint density at radius 3 is 1.95 bits per heavy atom. The molecule has 5 nitrogen and oxygen atoms in total. The Balaban J connectivity index is 2.82. The van der Waals surface area contributed by atoms with Crippen LogP contribution in [0.2, 0.25) is 0 Å². The summed E-state index contributed by atoms with van der Waals surface area (Å²) in [6.45, 7) is 5.16. The number of carbonyl (C=O) groups is 2. The maximum atomic E-state index is 12.0. The number of ether oxygens (including phenoxy) is 3. The Morgan fingerprint density at radius 2 is 1.50 bits per heavy atom. The SMILES string of the molecule is CCOC(=O)C(C)(OCc1ccccc1)C(=O)OCC. The highest BCUT2D eigenvalue weighted by Gasteiger charge is 2.45. The van der Waals surface area contributed by atoms with Crippen molar-refractivity contribution < 1.29 is 23.8 Å². The standard InChI is InChI=1S/C15H20O5/c1-4-18-13(16)15(3,14(17)19-5-2)20-11-12-9-7-6-8-10-12/h6-10H,4-5,11H2,1-3H3. The van der Waals surface area contributed by atoms with Gasteiger partial charge in [0, 0.05) is 0 Å². The lowest BCUT2D eigenvalue weighted by Crippen LogP contribution is -2.48. The van der Waals surface area contributed by atoms with Crippen LogP contribution < -0.4 is 0 Å². The summed E-state index contributed by atoms with van der Waals surface area (Å²) in [4.78, 5) is 23.9. The summed E-state index contributed by atoms with van der Waals surface area (Å²) < 4.78 is 15.3. The van der Waals surface area contributed by atoms with Gasteiger partial charge in [-0.2, -0.15) is 0 Å². The van der Waals surface area contributed by atoms with Crippen molar-refractivity contribution in [1.29, 1.82) is 0 Å². The van der Waals surface area contributed by atoms with Crippen LogP contribution in [0.3, 0.4) is 0 Å². The van der Waals surface area contributed by atoms with Gasteiger partial charge in [-0.15, -0.1) is 0 Å². The van der Waals surface area contributed by atoms with E-state index in [0.29, 0.717) is 0 Å². The fraction of sp³-hybridized carbons (Fsp3) is 0.467. The van der Waals surface area contributed by atoms with E-state index in [9.17, 15) is 9.59 Å². The molecule has 0 atom stereocenters. The lowest BCUT2D eigenvalue weighted by molar-refractivity contribution is -0.190. The van der Waals surface area contributed by atoms with Gasteiger partial charge in [0.2, 0.25) is 0 Å². The third-order valence-corrected chi connectivity index (χ3v) is 2.70. The van der Waals surface area contributed by atoms with Gasteiger partial charge in [-0.1, -0.05) is 30.3 Å². The molecule has 5 heteroatoms. The first-order valence-corrected chi connectivity index (χ1v) is 6.57. The third-order valence-electron chi connectivity index (χ3n) is 2.70. The van der Waals surface area contributed by atoms with E-state index in [1.807, 2.05) is 30.3 Å². The van der Waals surface area contributed by atoms with Crippen molar-refractivity contribution in [2.75, 3.05) is 13.2 Å². The van der Waals surface area contributed by atoms with Gasteiger partial charge in [-0.3, -0.25) is 0 Å². The first-order valence-electron chi connectivity index (χ1n) is 6.57. The number of esters is 2. The van der Waals surface area contributed by atoms with E-state index < -0.39 is 17.5 Å². The number of rotatable bonds is 7. The van der Waals surface area contributed by atoms with Gasteiger partial charge in [-0.25, -0.2) is 9.59 Å². The van der Waals surface area contributed by atoms with Crippen LogP contribution in [0.25, 0.3) is 0 Å². The molecule has 110 valence electrons. The molecule has 0 radical (unpaired) electrons. The molecule has 20 heavy (non-hydrogen) atoms. The van der Waals surface area contributed by atoms with E-state index in [0.717, 1.165) is 5.56 Å². The summed E-state index contributed by atoms with van der Waals surface area (Å²) >= 11 is 0. The van der Waals surface area contributed by atoms with E-state index in [1.54, 1.807) is 13.8 Å². The van der Waals surface area contributed by atoms with Gasteiger partial charge >= 0.3 is 11.9 Å². The summed E-state index contributed by atoms with van der Waals surface area (Å²) in [5, 5.41) is 0. The van der Waals surface area contributed by atoms with Crippen LogP contribution in [0.4, 0.5) is 0 Å². The first kappa shape index (κ1) is 16.2. The summed E-state index contributed by atoms with van der Waals surface area (Å²) in [5.41, 5.74) is -0.894. The van der Waals surface area contributed by atoms with Gasteiger partial charge < -0.3 is 14.2 Å². The molecule has 1 rings (SSSR count). The van der Waals surface area contributed by atoms with Gasteiger partial charge in [0.1, 0.15) is 0 Å². The van der Waals surface area contributed by atoms with Crippen LogP contribution in [0.1, 0.15) is 26.3 Å². The molecule has 1 aromatic rings. The van der Waals surface area contributed by atoms with Crippen LogP contribution in [-0.4, -0.2) is 30.8 Å². The van der Waals surface area contributed by atoms with Crippen molar-refractivity contribution in [2.45, 2.75) is 33.0 Å². The van der Waals surface area contributed by atoms with Crippen molar-refractivity contribution in [3.63, 3.8) is 0 Å². The second-order valence-corrected chi connectivity index (χ2v) is 4.25. The zero-order valence-electron chi connectivity index (χ0n) is 12.0. The van der Waals surface area contributed by atoms with Gasteiger partial charge in [-0.05, 0) is 26.3 Å². The van der Waals surface area contributed by atoms with Crippen molar-refractivity contribution in [3.8, 4) is 0 Å². The second-order valence-electron chi connectivity index (χ2n) is 4.25. The molecule has 0 aliphatic heterocycles. The van der Waals surface area contributed by atoms with Crippen molar-refractivity contribution >= 4 is 11.9 Å². The minimum atomic E-state index is -1.75. The maximum absolute atomic E-state index is 12.0. The van der Waals surface area contributed by atoms with Crippen molar-refractivity contribution in [2.24, 2.45) is 0 Å². The molecule has 0 bridgehead atoms. The molecule has 0 amide bonds. The normalized spacial score (nSPS) is 10.9. The van der Waals surface area contributed by atoms with E-state index in [1.165, 1.54) is 6.92 Å². The fourth-order valence-electron chi connectivity index (χ4n) is 1.54. The van der Waals surface area contributed by atoms with E-state index in [-0.39, 0.29) is 19.8 Å². The Kier molecular flexibility index (Phi) is 6.18. The average molecular weight is 280 g/mol. The molecule has 1 aromatic carbocycles. The number of carbonyl (C=O) groups excluding carboxylic acids is 2. The Morgan fingerprint density at radius 1 is 1.00 bits per heavy atom. The minimum absolute atomic E-state index is 0.120. The molecule has 0 spiro atoms. The largest absolute Gasteiger partial charge is 0.463 e. The van der Waals surface area contributed by atoms with Crippen molar-refractivity contribution in [3.05, 3.63) is 35.9 Å². The predicted molar refractivity (Wildman–Crippen MR) is 72.9 cm³/mol. The van der Waals surface area contributed by atoms with Crippen LogP contribution in [0.15, 0.2) is 30.3 Å². The quantitative estimate of drug-likeness (QED) is 0.565. The number of benzene rings is 1. The van der Waals surface area contributed by atoms with Crippen LogP contribution in [0, 0.1) is 0 Å². The Hall–Kier alpha value is -1.88. The van der Waals surface area contributed by atoms with E-state index >= 15 is 0 Å². The summed E-state index contributed by atoms with van der Waals surface area (Å²) in [6.07, 6.45) is 0. The Bertz CT molecular complexity index is 423. The fourth-order valence-corrected chi connectivity index (χ4v) is 1.54. The first-order chi connectivity index (χ1) is 9.54. The second kappa shape index (κ2) is 7.65. The molecule has 0 saturated carbocycles. The van der Waals surface area contributed by atoms with Crippen LogP contribution >= 0.6 is 0 Å². The lowest BCUT2D eigenvalue weighted by atomic mass is 10.1. The van der Waals surface area contributed by atoms with E-state index in [2.05, 4.69) is 0 Å². The maximum Gasteiger partial charge on any atom is 0.349 e. The van der Waals surface area contributed by atoms with E-state index in [4.69, 9.17) is 14.2 Å². The molecule has 0 aromatic heterocycles. The predicted octanol–water partition coefficient (Wildman–Crippen LogP) is 2.09. The smallest absolute Gasteiger partial charge is 0.349 e. The molecule has 0 heterocycles. The highest BCUT2D eigenvalue weighted by molar-refractivity contribution is 6.03. The van der Waals surface area contributed by atoms with Gasteiger partial charge in [0.05, 0.1) is 19.8 Å². The molecule has 0 aliphatic carbocycles. The average Bonchev–Trinajstić information content (AvgIpc) is 2.46. The van der Waals surface area contributed by atoms with Gasteiger partial charge in [0.25, 0.3) is 5.60 Å². The lowest BCUT2D eigenvalue weighted by Gasteiger charge is -2.25. The molecule has 0 N–H and O–H groups in total. The number of hydrogen-bond donors (Lipinski definition) is 0. The highest BCUT2D eigenvalue weighted by atomic mass is 16.6. The highest BCUT2D eigenvalue weighted by Crippen LogP contribution is 2.18. The third kappa shape index (κ3) is 4.06. The topological polar surface area (TPSA) is 61.8 Å². The monoisotopic (exact) mass is 280 g/mol. The molecular formula is C15H20O5. The summed E-state index contributed by atoms with van der Waals surface area (Å²) in [5.74, 6) is -1.48. The van der Waals surface area contributed by atoms with Crippen LogP contribution in [0.5, 0.6) is 0 Å². The molecule has 0 aliphatic rings. The molecule has 0 saturated heterocycles. The van der Waals surface area contributed by atoms with Gasteiger partial charge in [0.15, 0.2) is 0 Å². The minimum Gasteiger partial charge on any atom is -0.463 e. The van der Waals surface area contributed by atoms with Crippen LogP contribution in [-0.2, 0) is 30.4 Å². The van der Waals surface area contributed by atoms with Crippen molar-refractivity contribution in [1.82, 2.24) is 0 Å². The zero-order valence-corrected chi connectivity index (χ0v) is 12.0. The summed E-state index contributed by atoms with van der Waals surface area (Å²) in [6, 6.07) is 9.27.